The molecule has 0 fully saturated rings. The highest BCUT2D eigenvalue weighted by Crippen LogP contribution is 2.12. The van der Waals surface area contributed by atoms with Crippen molar-refractivity contribution < 1.29 is 13.9 Å². The third-order valence-corrected chi connectivity index (χ3v) is 2.77. The van der Waals surface area contributed by atoms with Gasteiger partial charge in [-0.2, -0.15) is 0 Å². The van der Waals surface area contributed by atoms with Gasteiger partial charge in [0.1, 0.15) is 6.17 Å². The molecule has 0 aliphatic carbocycles. The molecule has 1 atom stereocenters. The van der Waals surface area contributed by atoms with Crippen LogP contribution in [0.1, 0.15) is 65.7 Å². The van der Waals surface area contributed by atoms with Crippen molar-refractivity contribution in [3.05, 3.63) is 11.6 Å². The maximum Gasteiger partial charge on any atom is 0.333 e. The van der Waals surface area contributed by atoms with Crippen LogP contribution in [0.25, 0.3) is 0 Å². The summed E-state index contributed by atoms with van der Waals surface area (Å²) in [4.78, 5) is 11.4. The highest BCUT2D eigenvalue weighted by molar-refractivity contribution is 5.87. The summed E-state index contributed by atoms with van der Waals surface area (Å²) in [5.74, 6) is -0.398. The summed E-state index contributed by atoms with van der Waals surface area (Å²) < 4.78 is 18.5. The second-order valence-electron chi connectivity index (χ2n) is 4.70. The average molecular weight is 258 g/mol. The van der Waals surface area contributed by atoms with Crippen LogP contribution in [0.4, 0.5) is 4.39 Å². The van der Waals surface area contributed by atoms with Gasteiger partial charge in [0.15, 0.2) is 0 Å². The number of allylic oxidation sites excluding steroid dienone is 1. The Labute approximate surface area is 111 Å². The van der Waals surface area contributed by atoms with Crippen molar-refractivity contribution in [3.8, 4) is 0 Å². The fourth-order valence-electron chi connectivity index (χ4n) is 1.67. The van der Waals surface area contributed by atoms with E-state index in [0.717, 1.165) is 19.3 Å². The number of carbonyl (C=O) groups is 1. The van der Waals surface area contributed by atoms with Gasteiger partial charge in [0, 0.05) is 5.57 Å². The van der Waals surface area contributed by atoms with Crippen molar-refractivity contribution in [2.45, 2.75) is 71.9 Å². The van der Waals surface area contributed by atoms with Gasteiger partial charge < -0.3 is 4.74 Å². The van der Waals surface area contributed by atoms with Gasteiger partial charge in [-0.15, -0.1) is 0 Å². The fraction of sp³-hybridized carbons (Fsp3) is 0.800. The van der Waals surface area contributed by atoms with E-state index in [2.05, 4.69) is 6.92 Å². The zero-order valence-corrected chi connectivity index (χ0v) is 12.0. The minimum absolute atomic E-state index is 0.379. The number of alkyl halides is 1. The second kappa shape index (κ2) is 11.2. The normalized spacial score (nSPS) is 13.4. The number of hydrogen-bond acceptors (Lipinski definition) is 2. The molecule has 0 spiro atoms. The number of carbonyl (C=O) groups excluding carboxylic acids is 1. The van der Waals surface area contributed by atoms with Gasteiger partial charge in [-0.3, -0.25) is 0 Å². The van der Waals surface area contributed by atoms with Crippen LogP contribution in [0.3, 0.4) is 0 Å². The molecule has 0 radical (unpaired) electrons. The van der Waals surface area contributed by atoms with Crippen LogP contribution < -0.4 is 0 Å². The van der Waals surface area contributed by atoms with E-state index in [0.29, 0.717) is 18.6 Å². The molecule has 3 heteroatoms. The van der Waals surface area contributed by atoms with Crippen molar-refractivity contribution in [2.75, 3.05) is 6.61 Å². The van der Waals surface area contributed by atoms with E-state index in [9.17, 15) is 9.18 Å². The summed E-state index contributed by atoms with van der Waals surface area (Å²) in [7, 11) is 0. The van der Waals surface area contributed by atoms with E-state index in [1.54, 1.807) is 6.92 Å². The van der Waals surface area contributed by atoms with Crippen LogP contribution in [-0.4, -0.2) is 18.7 Å². The minimum atomic E-state index is -1.03. The van der Waals surface area contributed by atoms with Crippen LogP contribution in [0, 0.1) is 0 Å². The van der Waals surface area contributed by atoms with Gasteiger partial charge >= 0.3 is 5.97 Å². The van der Waals surface area contributed by atoms with Crippen LogP contribution in [-0.2, 0) is 9.53 Å². The Balaban J connectivity index is 3.81. The molecule has 2 nitrogen and oxygen atoms in total. The zero-order chi connectivity index (χ0) is 13.8. The maximum absolute atomic E-state index is 13.6. The van der Waals surface area contributed by atoms with Crippen molar-refractivity contribution in [3.63, 3.8) is 0 Å². The predicted octanol–water partition coefficient (Wildman–Crippen LogP) is 4.58. The van der Waals surface area contributed by atoms with Gasteiger partial charge in [0.2, 0.25) is 0 Å². The summed E-state index contributed by atoms with van der Waals surface area (Å²) in [5, 5.41) is 0. The molecule has 1 unspecified atom stereocenters. The Kier molecular flexibility index (Phi) is 10.7. The van der Waals surface area contributed by atoms with Crippen LogP contribution in [0.15, 0.2) is 11.6 Å². The lowest BCUT2D eigenvalue weighted by molar-refractivity contribution is -0.139. The van der Waals surface area contributed by atoms with Gasteiger partial charge in [0.05, 0.1) is 6.61 Å². The molecule has 0 rings (SSSR count). The molecule has 0 aromatic carbocycles. The molecular weight excluding hydrogens is 231 g/mol. The molecule has 0 bridgehead atoms. The van der Waals surface area contributed by atoms with E-state index in [4.69, 9.17) is 4.74 Å². The van der Waals surface area contributed by atoms with Gasteiger partial charge in [0.25, 0.3) is 0 Å². The molecule has 0 saturated carbocycles. The molecule has 0 saturated heterocycles. The predicted molar refractivity (Wildman–Crippen MR) is 73.3 cm³/mol. The molecule has 0 aromatic heterocycles. The zero-order valence-electron chi connectivity index (χ0n) is 12.0. The van der Waals surface area contributed by atoms with Crippen molar-refractivity contribution in [1.29, 1.82) is 0 Å². The maximum atomic E-state index is 13.6. The van der Waals surface area contributed by atoms with Crippen LogP contribution >= 0.6 is 0 Å². The minimum Gasteiger partial charge on any atom is -0.462 e. The Morgan fingerprint density at radius 2 is 1.83 bits per heavy atom. The molecule has 0 N–H and O–H groups in total. The number of esters is 1. The third-order valence-electron chi connectivity index (χ3n) is 2.77. The fourth-order valence-corrected chi connectivity index (χ4v) is 1.67. The molecule has 106 valence electrons. The molecule has 0 heterocycles. The third kappa shape index (κ3) is 9.20. The van der Waals surface area contributed by atoms with Gasteiger partial charge in [-0.1, -0.05) is 46.0 Å². The first-order chi connectivity index (χ1) is 8.61. The first kappa shape index (κ1) is 17.1. The first-order valence-corrected chi connectivity index (χ1v) is 7.11. The summed E-state index contributed by atoms with van der Waals surface area (Å²) in [5.41, 5.74) is 0.379. The highest BCUT2D eigenvalue weighted by atomic mass is 19.1. The monoisotopic (exact) mass is 258 g/mol. The number of rotatable bonds is 10. The lowest BCUT2D eigenvalue weighted by Crippen LogP contribution is -2.08. The standard InChI is InChI=1S/C15H27FO2/c1-4-6-7-8-9-10-14(16)12-13(3)15(17)18-11-5-2/h12,14H,4-11H2,1-3H3/b13-12+. The summed E-state index contributed by atoms with van der Waals surface area (Å²) in [6, 6.07) is 0. The van der Waals surface area contributed by atoms with E-state index in [1.165, 1.54) is 25.3 Å². The van der Waals surface area contributed by atoms with Gasteiger partial charge in [-0.05, 0) is 25.8 Å². The lowest BCUT2D eigenvalue weighted by atomic mass is 10.1. The van der Waals surface area contributed by atoms with Crippen molar-refractivity contribution in [1.82, 2.24) is 0 Å². The van der Waals surface area contributed by atoms with Gasteiger partial charge in [-0.25, -0.2) is 9.18 Å². The van der Waals surface area contributed by atoms with Crippen LogP contribution in [0.2, 0.25) is 0 Å². The SMILES string of the molecule is CCCCCCCC(F)/C=C(\C)C(=O)OCCC. The number of unbranched alkanes of at least 4 members (excludes halogenated alkanes) is 4. The summed E-state index contributed by atoms with van der Waals surface area (Å²) in [6.45, 7) is 6.10. The highest BCUT2D eigenvalue weighted by Gasteiger charge is 2.09. The lowest BCUT2D eigenvalue weighted by Gasteiger charge is -2.06. The number of ether oxygens (including phenoxy) is 1. The van der Waals surface area contributed by atoms with E-state index >= 15 is 0 Å². The molecule has 0 aliphatic heterocycles. The Morgan fingerprint density at radius 1 is 1.17 bits per heavy atom. The molecular formula is C15H27FO2. The molecule has 18 heavy (non-hydrogen) atoms. The van der Waals surface area contributed by atoms with Crippen molar-refractivity contribution in [2.24, 2.45) is 0 Å². The largest absolute Gasteiger partial charge is 0.462 e. The quantitative estimate of drug-likeness (QED) is 0.325. The first-order valence-electron chi connectivity index (χ1n) is 7.11. The van der Waals surface area contributed by atoms with E-state index in [-0.39, 0.29) is 0 Å². The smallest absolute Gasteiger partial charge is 0.333 e. The Hall–Kier alpha value is -0.860. The Morgan fingerprint density at radius 3 is 2.44 bits per heavy atom. The van der Waals surface area contributed by atoms with Crippen molar-refractivity contribution >= 4 is 5.97 Å². The summed E-state index contributed by atoms with van der Waals surface area (Å²) >= 11 is 0. The topological polar surface area (TPSA) is 26.3 Å². The second-order valence-corrected chi connectivity index (χ2v) is 4.70. The Bertz CT molecular complexity index is 249. The van der Waals surface area contributed by atoms with E-state index < -0.39 is 12.1 Å². The average Bonchev–Trinajstić information content (AvgIpc) is 2.35. The molecule has 0 aliphatic rings. The van der Waals surface area contributed by atoms with Crippen LogP contribution in [0.5, 0.6) is 0 Å². The summed E-state index contributed by atoms with van der Waals surface area (Å²) in [6.07, 6.45) is 7.19. The van der Waals surface area contributed by atoms with E-state index in [1.807, 2.05) is 6.92 Å². The number of hydrogen-bond donors (Lipinski definition) is 0. The molecule has 0 aromatic rings. The number of halogens is 1. The molecule has 0 amide bonds.